The summed E-state index contributed by atoms with van der Waals surface area (Å²) in [6, 6.07) is -0.294. The highest BCUT2D eigenvalue weighted by Crippen LogP contribution is 2.10. The number of hydrogen-bond donors (Lipinski definition) is 1. The van der Waals surface area contributed by atoms with Gasteiger partial charge >= 0.3 is 0 Å². The molecule has 1 amide bonds. The van der Waals surface area contributed by atoms with Gasteiger partial charge in [0.05, 0.1) is 12.6 Å². The van der Waals surface area contributed by atoms with Crippen LogP contribution < -0.4 is 5.32 Å². The van der Waals surface area contributed by atoms with Crippen LogP contribution in [-0.2, 0) is 4.79 Å². The third-order valence-electron chi connectivity index (χ3n) is 2.01. The summed E-state index contributed by atoms with van der Waals surface area (Å²) in [6.45, 7) is 0.283. The smallest absolute Gasteiger partial charge is 0.255 e. The second kappa shape index (κ2) is 5.50. The van der Waals surface area contributed by atoms with Crippen LogP contribution >= 0.6 is 11.8 Å². The first kappa shape index (κ1) is 11.7. The van der Waals surface area contributed by atoms with E-state index in [1.165, 1.54) is 7.05 Å². The molecule has 0 bridgehead atoms. The Bertz CT molecular complexity index is 198. The molecule has 1 saturated heterocycles. The molecular weight excluding hydrogens is 210 g/mol. The molecule has 1 N–H and O–H groups in total. The Kier molecular flexibility index (Phi) is 4.60. The monoisotopic (exact) mass is 224 g/mol. The van der Waals surface area contributed by atoms with Crippen molar-refractivity contribution in [2.45, 2.75) is 12.5 Å². The lowest BCUT2D eigenvalue weighted by molar-refractivity contribution is -0.133. The molecule has 1 aliphatic heterocycles. The van der Waals surface area contributed by atoms with Gasteiger partial charge in [0.25, 0.3) is 6.43 Å². The summed E-state index contributed by atoms with van der Waals surface area (Å²) in [5.74, 6) is 1.41. The van der Waals surface area contributed by atoms with Crippen LogP contribution in [0, 0.1) is 0 Å². The summed E-state index contributed by atoms with van der Waals surface area (Å²) < 4.78 is 24.0. The van der Waals surface area contributed by atoms with Crippen LogP contribution in [-0.4, -0.2) is 54.9 Å². The molecule has 0 radical (unpaired) electrons. The predicted molar refractivity (Wildman–Crippen MR) is 52.8 cm³/mol. The van der Waals surface area contributed by atoms with E-state index in [-0.39, 0.29) is 11.9 Å². The zero-order chi connectivity index (χ0) is 10.6. The molecule has 1 unspecified atom stereocenters. The highest BCUT2D eigenvalue weighted by Gasteiger charge is 2.25. The van der Waals surface area contributed by atoms with Crippen molar-refractivity contribution in [1.82, 2.24) is 10.2 Å². The number of thioether (sulfide) groups is 1. The third-order valence-corrected chi connectivity index (χ3v) is 3.07. The van der Waals surface area contributed by atoms with Gasteiger partial charge in [0.2, 0.25) is 5.91 Å². The van der Waals surface area contributed by atoms with Crippen molar-refractivity contribution in [2.75, 3.05) is 31.6 Å². The molecule has 0 saturated carbocycles. The van der Waals surface area contributed by atoms with Gasteiger partial charge in [-0.1, -0.05) is 0 Å². The van der Waals surface area contributed by atoms with Gasteiger partial charge in [0.15, 0.2) is 0 Å². The van der Waals surface area contributed by atoms with Gasteiger partial charge in [-0.2, -0.15) is 11.8 Å². The number of nitrogens with zero attached hydrogens (tertiary/aromatic N) is 1. The van der Waals surface area contributed by atoms with Crippen LogP contribution in [0.3, 0.4) is 0 Å². The summed E-state index contributed by atoms with van der Waals surface area (Å²) in [6.07, 6.45) is -2.46. The van der Waals surface area contributed by atoms with Crippen molar-refractivity contribution in [3.05, 3.63) is 0 Å². The quantitative estimate of drug-likeness (QED) is 0.754. The fourth-order valence-corrected chi connectivity index (χ4v) is 2.21. The molecule has 1 heterocycles. The lowest BCUT2D eigenvalue weighted by Gasteiger charge is -2.26. The molecule has 0 spiro atoms. The van der Waals surface area contributed by atoms with Crippen molar-refractivity contribution < 1.29 is 13.6 Å². The van der Waals surface area contributed by atoms with E-state index >= 15 is 0 Å². The fraction of sp³-hybridized carbons (Fsp3) is 0.875. The molecule has 0 aliphatic carbocycles. The number of amides is 1. The standard InChI is InChI=1S/C8H14F2N2OS/c1-12(4-7(9)10)8(13)6-5-14-3-2-11-6/h6-7,11H,2-5H2,1H3. The average molecular weight is 224 g/mol. The van der Waals surface area contributed by atoms with Gasteiger partial charge in [0, 0.05) is 25.1 Å². The molecule has 14 heavy (non-hydrogen) atoms. The van der Waals surface area contributed by atoms with Crippen LogP contribution in [0.15, 0.2) is 0 Å². The number of hydrogen-bond acceptors (Lipinski definition) is 3. The first-order valence-electron chi connectivity index (χ1n) is 4.45. The highest BCUT2D eigenvalue weighted by atomic mass is 32.2. The normalized spacial score (nSPS) is 22.4. The Hall–Kier alpha value is -0.360. The van der Waals surface area contributed by atoms with E-state index in [0.717, 1.165) is 17.2 Å². The number of alkyl halides is 2. The molecule has 0 aromatic rings. The number of carbonyl (C=O) groups excluding carboxylic acids is 1. The van der Waals surface area contributed by atoms with Gasteiger partial charge < -0.3 is 10.2 Å². The highest BCUT2D eigenvalue weighted by molar-refractivity contribution is 7.99. The first-order valence-corrected chi connectivity index (χ1v) is 5.61. The number of nitrogens with one attached hydrogen (secondary N) is 1. The minimum Gasteiger partial charge on any atom is -0.339 e. The molecule has 82 valence electrons. The topological polar surface area (TPSA) is 32.3 Å². The van der Waals surface area contributed by atoms with E-state index in [1.807, 2.05) is 0 Å². The summed E-state index contributed by atoms with van der Waals surface area (Å²) in [7, 11) is 1.41. The second-order valence-electron chi connectivity index (χ2n) is 3.19. The summed E-state index contributed by atoms with van der Waals surface area (Å²) in [5.41, 5.74) is 0. The number of carbonyl (C=O) groups is 1. The van der Waals surface area contributed by atoms with Crippen molar-refractivity contribution in [3.63, 3.8) is 0 Å². The van der Waals surface area contributed by atoms with Crippen molar-refractivity contribution in [3.8, 4) is 0 Å². The minimum atomic E-state index is -2.46. The second-order valence-corrected chi connectivity index (χ2v) is 4.34. The number of halogens is 2. The minimum absolute atomic E-state index is 0.238. The van der Waals surface area contributed by atoms with E-state index < -0.39 is 13.0 Å². The van der Waals surface area contributed by atoms with Crippen LogP contribution in [0.25, 0.3) is 0 Å². The molecule has 0 aromatic carbocycles. The largest absolute Gasteiger partial charge is 0.339 e. The van der Waals surface area contributed by atoms with Crippen LogP contribution in [0.1, 0.15) is 0 Å². The van der Waals surface area contributed by atoms with Crippen LogP contribution in [0.2, 0.25) is 0 Å². The van der Waals surface area contributed by atoms with E-state index in [4.69, 9.17) is 0 Å². The van der Waals surface area contributed by atoms with E-state index in [1.54, 1.807) is 11.8 Å². The molecule has 1 atom stereocenters. The number of rotatable bonds is 3. The fourth-order valence-electron chi connectivity index (χ4n) is 1.29. The predicted octanol–water partition coefficient (Wildman–Crippen LogP) is 0.415. The Balaban J connectivity index is 2.38. The molecule has 0 aromatic heterocycles. The summed E-state index contributed by atoms with van der Waals surface area (Å²) in [5, 5.41) is 3.02. The average Bonchev–Trinajstić information content (AvgIpc) is 2.17. The Morgan fingerprint density at radius 2 is 2.43 bits per heavy atom. The maximum atomic E-state index is 12.0. The van der Waals surface area contributed by atoms with Gasteiger partial charge in [-0.3, -0.25) is 4.79 Å². The maximum Gasteiger partial charge on any atom is 0.255 e. The van der Waals surface area contributed by atoms with Crippen molar-refractivity contribution in [1.29, 1.82) is 0 Å². The zero-order valence-electron chi connectivity index (χ0n) is 8.00. The van der Waals surface area contributed by atoms with Gasteiger partial charge in [-0.25, -0.2) is 8.78 Å². The lowest BCUT2D eigenvalue weighted by Crippen LogP contribution is -2.50. The van der Waals surface area contributed by atoms with E-state index in [0.29, 0.717) is 5.75 Å². The van der Waals surface area contributed by atoms with Gasteiger partial charge in [-0.05, 0) is 0 Å². The van der Waals surface area contributed by atoms with Gasteiger partial charge in [0.1, 0.15) is 0 Å². The number of likely N-dealkylation sites (N-methyl/N-ethyl adjacent to an activating group) is 1. The third kappa shape index (κ3) is 3.42. The van der Waals surface area contributed by atoms with E-state index in [9.17, 15) is 13.6 Å². The molecule has 3 nitrogen and oxygen atoms in total. The molecule has 1 rings (SSSR count). The van der Waals surface area contributed by atoms with Crippen molar-refractivity contribution in [2.24, 2.45) is 0 Å². The van der Waals surface area contributed by atoms with Crippen LogP contribution in [0.4, 0.5) is 8.78 Å². The Labute approximate surface area is 86.2 Å². The van der Waals surface area contributed by atoms with E-state index in [2.05, 4.69) is 5.32 Å². The summed E-state index contributed by atoms with van der Waals surface area (Å²) in [4.78, 5) is 12.6. The SMILES string of the molecule is CN(CC(F)F)C(=O)C1CSCCN1. The van der Waals surface area contributed by atoms with Crippen LogP contribution in [0.5, 0.6) is 0 Å². The lowest BCUT2D eigenvalue weighted by atomic mass is 10.3. The maximum absolute atomic E-state index is 12.0. The molecule has 1 fully saturated rings. The Morgan fingerprint density at radius 3 is 2.93 bits per heavy atom. The van der Waals surface area contributed by atoms with Gasteiger partial charge in [-0.15, -0.1) is 0 Å². The van der Waals surface area contributed by atoms with Crippen molar-refractivity contribution >= 4 is 17.7 Å². The summed E-state index contributed by atoms with van der Waals surface area (Å²) >= 11 is 1.67. The molecule has 1 aliphatic rings. The first-order chi connectivity index (χ1) is 6.61. The zero-order valence-corrected chi connectivity index (χ0v) is 8.82. The Morgan fingerprint density at radius 1 is 1.71 bits per heavy atom. The molecule has 6 heteroatoms. The molecular formula is C8H14F2N2OS.